The zero-order chi connectivity index (χ0) is 22.9. The van der Waals surface area contributed by atoms with E-state index in [1.807, 2.05) is 75.4 Å². The summed E-state index contributed by atoms with van der Waals surface area (Å²) < 4.78 is 17.0. The van der Waals surface area contributed by atoms with E-state index >= 15 is 0 Å². The van der Waals surface area contributed by atoms with Gasteiger partial charge < -0.3 is 19.5 Å². The molecule has 0 saturated carbocycles. The molecule has 1 N–H and O–H groups in total. The minimum absolute atomic E-state index is 0.0991. The zero-order valence-electron chi connectivity index (χ0n) is 18.9. The molecule has 0 aliphatic rings. The van der Waals surface area contributed by atoms with Crippen LogP contribution in [0.15, 0.2) is 60.8 Å². The molecule has 0 fully saturated rings. The van der Waals surface area contributed by atoms with Crippen molar-refractivity contribution in [2.75, 3.05) is 14.2 Å². The Kier molecular flexibility index (Phi) is 5.61. The van der Waals surface area contributed by atoms with Gasteiger partial charge in [0.25, 0.3) is 5.91 Å². The van der Waals surface area contributed by atoms with Crippen LogP contribution in [0.3, 0.4) is 0 Å². The highest BCUT2D eigenvalue weighted by molar-refractivity contribution is 6.07. The standard InChI is InChI=1S/C26H26N2O4/c1-26(2,3)28-25(29)19-8-6-7-16-13-17(9-10-18(16)19)32-22-11-12-27-21-15-24(31-5)23(30-4)14-20(21)22/h6-15H,1-5H3,(H,28,29). The van der Waals surface area contributed by atoms with Gasteiger partial charge in [0.05, 0.1) is 19.7 Å². The average molecular weight is 431 g/mol. The minimum Gasteiger partial charge on any atom is -0.493 e. The van der Waals surface area contributed by atoms with Crippen LogP contribution in [0.4, 0.5) is 0 Å². The Bertz CT molecular complexity index is 1310. The van der Waals surface area contributed by atoms with E-state index in [0.717, 1.165) is 21.7 Å². The SMILES string of the molecule is COc1cc2nccc(Oc3ccc4c(C(=O)NC(C)(C)C)cccc4c3)c2cc1OC. The van der Waals surface area contributed by atoms with Gasteiger partial charge in [-0.25, -0.2) is 0 Å². The Hall–Kier alpha value is -3.80. The van der Waals surface area contributed by atoms with Gasteiger partial charge in [-0.2, -0.15) is 0 Å². The number of fused-ring (bicyclic) bond motifs is 2. The normalized spacial score (nSPS) is 11.4. The molecule has 4 rings (SSSR count). The van der Waals surface area contributed by atoms with Gasteiger partial charge in [0, 0.05) is 28.8 Å². The van der Waals surface area contributed by atoms with Gasteiger partial charge in [0.15, 0.2) is 11.5 Å². The summed E-state index contributed by atoms with van der Waals surface area (Å²) in [4.78, 5) is 17.2. The Morgan fingerprint density at radius 3 is 2.34 bits per heavy atom. The molecule has 1 heterocycles. The number of rotatable bonds is 5. The number of ether oxygens (including phenoxy) is 3. The summed E-state index contributed by atoms with van der Waals surface area (Å²) >= 11 is 0. The second-order valence-electron chi connectivity index (χ2n) is 8.53. The van der Waals surface area contributed by atoms with Crippen molar-refractivity contribution in [2.45, 2.75) is 26.3 Å². The van der Waals surface area contributed by atoms with E-state index in [-0.39, 0.29) is 11.4 Å². The zero-order valence-corrected chi connectivity index (χ0v) is 18.9. The molecule has 1 aromatic heterocycles. The van der Waals surface area contributed by atoms with E-state index in [4.69, 9.17) is 14.2 Å². The molecule has 6 nitrogen and oxygen atoms in total. The number of hydrogen-bond donors (Lipinski definition) is 1. The molecule has 1 amide bonds. The fourth-order valence-corrected chi connectivity index (χ4v) is 3.59. The number of carbonyl (C=O) groups is 1. The Labute approximate surface area is 187 Å². The quantitative estimate of drug-likeness (QED) is 0.438. The van der Waals surface area contributed by atoms with Gasteiger partial charge in [-0.1, -0.05) is 12.1 Å². The first kappa shape index (κ1) is 21.4. The fraction of sp³-hybridized carbons (Fsp3) is 0.231. The molecule has 0 spiro atoms. The van der Waals surface area contributed by atoms with Crippen molar-refractivity contribution in [3.05, 3.63) is 66.4 Å². The van der Waals surface area contributed by atoms with E-state index in [2.05, 4.69) is 10.3 Å². The first-order valence-corrected chi connectivity index (χ1v) is 10.3. The van der Waals surface area contributed by atoms with Crippen molar-refractivity contribution in [1.29, 1.82) is 0 Å². The minimum atomic E-state index is -0.311. The maximum absolute atomic E-state index is 12.7. The van der Waals surface area contributed by atoms with Crippen LogP contribution < -0.4 is 19.5 Å². The number of carbonyl (C=O) groups excluding carboxylic acids is 1. The van der Waals surface area contributed by atoms with Crippen molar-refractivity contribution in [3.63, 3.8) is 0 Å². The molecule has 3 aromatic carbocycles. The van der Waals surface area contributed by atoms with E-state index in [1.165, 1.54) is 0 Å². The molecule has 6 heteroatoms. The summed E-state index contributed by atoms with van der Waals surface area (Å²) in [5.74, 6) is 2.42. The van der Waals surface area contributed by atoms with E-state index in [1.54, 1.807) is 20.4 Å². The summed E-state index contributed by atoms with van der Waals surface area (Å²) in [6.45, 7) is 5.89. The molecule has 164 valence electrons. The summed E-state index contributed by atoms with van der Waals surface area (Å²) in [7, 11) is 3.19. The van der Waals surface area contributed by atoms with Gasteiger partial charge in [0.2, 0.25) is 0 Å². The average Bonchev–Trinajstić information content (AvgIpc) is 2.76. The molecule has 32 heavy (non-hydrogen) atoms. The molecular formula is C26H26N2O4. The maximum Gasteiger partial charge on any atom is 0.252 e. The number of pyridine rings is 1. The predicted molar refractivity (Wildman–Crippen MR) is 126 cm³/mol. The summed E-state index contributed by atoms with van der Waals surface area (Å²) in [6.07, 6.45) is 1.69. The van der Waals surface area contributed by atoms with Crippen LogP contribution in [0.1, 0.15) is 31.1 Å². The van der Waals surface area contributed by atoms with Crippen LogP contribution in [0.25, 0.3) is 21.7 Å². The van der Waals surface area contributed by atoms with Gasteiger partial charge >= 0.3 is 0 Å². The largest absolute Gasteiger partial charge is 0.493 e. The maximum atomic E-state index is 12.7. The Morgan fingerprint density at radius 1 is 0.875 bits per heavy atom. The smallest absolute Gasteiger partial charge is 0.252 e. The molecule has 0 aliphatic heterocycles. The van der Waals surface area contributed by atoms with E-state index in [0.29, 0.717) is 28.6 Å². The molecule has 4 aromatic rings. The molecule has 0 unspecified atom stereocenters. The molecule has 0 saturated heterocycles. The topological polar surface area (TPSA) is 69.7 Å². The fourth-order valence-electron chi connectivity index (χ4n) is 3.59. The highest BCUT2D eigenvalue weighted by Gasteiger charge is 2.17. The van der Waals surface area contributed by atoms with Crippen LogP contribution in [0, 0.1) is 0 Å². The number of nitrogens with zero attached hydrogens (tertiary/aromatic N) is 1. The van der Waals surface area contributed by atoms with Crippen LogP contribution in [0.5, 0.6) is 23.0 Å². The lowest BCUT2D eigenvalue weighted by Crippen LogP contribution is -2.40. The second kappa shape index (κ2) is 8.38. The van der Waals surface area contributed by atoms with Gasteiger partial charge in [0.1, 0.15) is 11.5 Å². The highest BCUT2D eigenvalue weighted by Crippen LogP contribution is 2.37. The van der Waals surface area contributed by atoms with Gasteiger partial charge in [-0.05, 0) is 67.9 Å². The van der Waals surface area contributed by atoms with Crippen molar-refractivity contribution in [3.8, 4) is 23.0 Å². The number of nitrogens with one attached hydrogen (secondary N) is 1. The summed E-state index contributed by atoms with van der Waals surface area (Å²) in [5, 5.41) is 5.62. The molecule has 0 bridgehead atoms. The summed E-state index contributed by atoms with van der Waals surface area (Å²) in [6, 6.07) is 16.9. The third-order valence-corrected chi connectivity index (χ3v) is 5.02. The van der Waals surface area contributed by atoms with E-state index < -0.39 is 0 Å². The molecule has 0 atom stereocenters. The lowest BCUT2D eigenvalue weighted by molar-refractivity contribution is 0.0921. The van der Waals surface area contributed by atoms with Crippen molar-refractivity contribution in [1.82, 2.24) is 10.3 Å². The second-order valence-corrected chi connectivity index (χ2v) is 8.53. The van der Waals surface area contributed by atoms with Gasteiger partial charge in [-0.3, -0.25) is 9.78 Å². The van der Waals surface area contributed by atoms with Crippen LogP contribution in [-0.2, 0) is 0 Å². The third kappa shape index (κ3) is 4.30. The highest BCUT2D eigenvalue weighted by atomic mass is 16.5. The number of methoxy groups -OCH3 is 2. The van der Waals surface area contributed by atoms with Crippen LogP contribution >= 0.6 is 0 Å². The van der Waals surface area contributed by atoms with Crippen molar-refractivity contribution >= 4 is 27.6 Å². The third-order valence-electron chi connectivity index (χ3n) is 5.02. The Morgan fingerprint density at radius 2 is 1.62 bits per heavy atom. The first-order chi connectivity index (χ1) is 15.3. The number of amides is 1. The van der Waals surface area contributed by atoms with E-state index in [9.17, 15) is 4.79 Å². The van der Waals surface area contributed by atoms with Gasteiger partial charge in [-0.15, -0.1) is 0 Å². The Balaban J connectivity index is 1.71. The lowest BCUT2D eigenvalue weighted by Gasteiger charge is -2.21. The summed E-state index contributed by atoms with van der Waals surface area (Å²) in [5.41, 5.74) is 1.06. The number of hydrogen-bond acceptors (Lipinski definition) is 5. The molecular weight excluding hydrogens is 404 g/mol. The van der Waals surface area contributed by atoms with Crippen molar-refractivity contribution in [2.24, 2.45) is 0 Å². The monoisotopic (exact) mass is 430 g/mol. The number of aromatic nitrogens is 1. The van der Waals surface area contributed by atoms with Crippen LogP contribution in [-0.4, -0.2) is 30.6 Å². The molecule has 0 radical (unpaired) electrons. The predicted octanol–water partition coefficient (Wildman–Crippen LogP) is 5.73. The van der Waals surface area contributed by atoms with Crippen molar-refractivity contribution < 1.29 is 19.0 Å². The van der Waals surface area contributed by atoms with Crippen LogP contribution in [0.2, 0.25) is 0 Å². The lowest BCUT2D eigenvalue weighted by atomic mass is 10.0. The first-order valence-electron chi connectivity index (χ1n) is 10.3. The molecule has 0 aliphatic carbocycles. The number of benzene rings is 3.